The zero-order chi connectivity index (χ0) is 26.1. The third kappa shape index (κ3) is 4.96. The summed E-state index contributed by atoms with van der Waals surface area (Å²) in [7, 11) is 4.58. The molecule has 2 aromatic rings. The molecular weight excluding hydrogens is 460 g/mol. The van der Waals surface area contributed by atoms with Crippen LogP contribution in [-0.2, 0) is 10.2 Å². The average Bonchev–Trinajstić information content (AvgIpc) is 3.18. The van der Waals surface area contributed by atoms with E-state index in [1.165, 1.54) is 26.9 Å². The number of methoxy groups -OCH3 is 3. The Morgan fingerprint density at radius 2 is 1.58 bits per heavy atom. The van der Waals surface area contributed by atoms with Crippen LogP contribution in [0.25, 0.3) is 0 Å². The highest BCUT2D eigenvalue weighted by molar-refractivity contribution is 6.46. The molecule has 0 aliphatic carbocycles. The number of nitrogens with one attached hydrogen (secondary N) is 2. The zero-order valence-corrected chi connectivity index (χ0v) is 21.7. The van der Waals surface area contributed by atoms with Gasteiger partial charge < -0.3 is 29.7 Å². The number of aliphatic imine (C=N–C) groups is 1. The van der Waals surface area contributed by atoms with E-state index in [1.807, 2.05) is 24.3 Å². The number of carbonyl (C=O) groups is 2. The second kappa shape index (κ2) is 9.72. The molecule has 9 heteroatoms. The highest BCUT2D eigenvalue weighted by Gasteiger charge is 2.43. The Kier molecular flexibility index (Phi) is 6.84. The van der Waals surface area contributed by atoms with Gasteiger partial charge in [0.2, 0.25) is 5.75 Å². The van der Waals surface area contributed by atoms with Crippen molar-refractivity contribution in [2.75, 3.05) is 39.7 Å². The fraction of sp³-hybridized carbons (Fsp3) is 0.444. The van der Waals surface area contributed by atoms with Gasteiger partial charge in [0.25, 0.3) is 5.91 Å². The van der Waals surface area contributed by atoms with E-state index in [1.54, 1.807) is 17.0 Å². The summed E-state index contributed by atoms with van der Waals surface area (Å²) in [5.41, 5.74) is 2.34. The molecule has 2 aromatic carbocycles. The van der Waals surface area contributed by atoms with Crippen molar-refractivity contribution in [3.05, 3.63) is 47.5 Å². The number of benzene rings is 2. The standard InChI is InChI=1S/C27H34N4O5/c1-26(2,3)18-9-7-17(8-10-18)22-24(32)30-27(29-22)11-13-31(14-12-27)25(33)28-19-15-20(34-4)23(36-6)21(16-19)35-5/h7-10,15-16H,11-14H2,1-6H3,(H,28,33)(H,30,32). The quantitative estimate of drug-likeness (QED) is 0.655. The summed E-state index contributed by atoms with van der Waals surface area (Å²) in [5.74, 6) is 1.19. The van der Waals surface area contributed by atoms with E-state index >= 15 is 0 Å². The Hall–Kier alpha value is -3.75. The number of hydrogen-bond acceptors (Lipinski definition) is 6. The van der Waals surface area contributed by atoms with Crippen molar-refractivity contribution in [2.24, 2.45) is 4.99 Å². The summed E-state index contributed by atoms with van der Waals surface area (Å²) in [5, 5.41) is 5.97. The van der Waals surface area contributed by atoms with Crippen molar-refractivity contribution < 1.29 is 23.8 Å². The largest absolute Gasteiger partial charge is 0.493 e. The number of nitrogens with zero attached hydrogens (tertiary/aromatic N) is 2. The van der Waals surface area contributed by atoms with Crippen LogP contribution < -0.4 is 24.8 Å². The molecule has 0 radical (unpaired) electrons. The summed E-state index contributed by atoms with van der Waals surface area (Å²) in [6, 6.07) is 11.1. The maximum Gasteiger partial charge on any atom is 0.321 e. The first-order valence-corrected chi connectivity index (χ1v) is 12.0. The van der Waals surface area contributed by atoms with E-state index in [2.05, 4.69) is 31.4 Å². The van der Waals surface area contributed by atoms with Gasteiger partial charge in [-0.05, 0) is 11.0 Å². The fourth-order valence-electron chi connectivity index (χ4n) is 4.56. The molecule has 1 fully saturated rings. The first-order chi connectivity index (χ1) is 17.1. The SMILES string of the molecule is COc1cc(NC(=O)N2CCC3(CC2)N=C(c2ccc(C(C)(C)C)cc2)C(=O)N3)cc(OC)c1OC. The summed E-state index contributed by atoms with van der Waals surface area (Å²) >= 11 is 0. The lowest BCUT2D eigenvalue weighted by molar-refractivity contribution is -0.115. The normalized spacial score (nSPS) is 16.9. The van der Waals surface area contributed by atoms with Gasteiger partial charge in [0.15, 0.2) is 11.5 Å². The monoisotopic (exact) mass is 494 g/mol. The van der Waals surface area contributed by atoms with Gasteiger partial charge >= 0.3 is 6.03 Å². The van der Waals surface area contributed by atoms with Crippen LogP contribution in [0.4, 0.5) is 10.5 Å². The Morgan fingerprint density at radius 1 is 1.00 bits per heavy atom. The molecule has 2 aliphatic rings. The Bertz CT molecular complexity index is 1150. The van der Waals surface area contributed by atoms with Crippen molar-refractivity contribution in [3.63, 3.8) is 0 Å². The zero-order valence-electron chi connectivity index (χ0n) is 21.7. The number of ether oxygens (including phenoxy) is 3. The Labute approximate surface area is 211 Å². The van der Waals surface area contributed by atoms with Gasteiger partial charge in [0.1, 0.15) is 11.4 Å². The summed E-state index contributed by atoms with van der Waals surface area (Å²) in [6.45, 7) is 7.37. The molecular formula is C27H34N4O5. The van der Waals surface area contributed by atoms with Gasteiger partial charge in [0, 0.05) is 43.6 Å². The van der Waals surface area contributed by atoms with Crippen LogP contribution in [-0.4, -0.2) is 62.6 Å². The van der Waals surface area contributed by atoms with Crippen molar-refractivity contribution in [2.45, 2.75) is 44.7 Å². The molecule has 36 heavy (non-hydrogen) atoms. The number of urea groups is 1. The third-order valence-electron chi connectivity index (χ3n) is 6.71. The lowest BCUT2D eigenvalue weighted by Gasteiger charge is -2.37. The summed E-state index contributed by atoms with van der Waals surface area (Å²) in [4.78, 5) is 32.3. The number of piperidine rings is 1. The number of carbonyl (C=O) groups excluding carboxylic acids is 2. The summed E-state index contributed by atoms with van der Waals surface area (Å²) in [6.07, 6.45) is 1.07. The van der Waals surface area contributed by atoms with E-state index < -0.39 is 5.66 Å². The molecule has 4 rings (SSSR count). The van der Waals surface area contributed by atoms with Gasteiger partial charge in [-0.3, -0.25) is 9.79 Å². The molecule has 3 amide bonds. The van der Waals surface area contributed by atoms with Crippen molar-refractivity contribution in [1.82, 2.24) is 10.2 Å². The molecule has 0 atom stereocenters. The molecule has 0 unspecified atom stereocenters. The van der Waals surface area contributed by atoms with Gasteiger partial charge in [-0.15, -0.1) is 0 Å². The highest BCUT2D eigenvalue weighted by Crippen LogP contribution is 2.40. The minimum absolute atomic E-state index is 0.0367. The lowest BCUT2D eigenvalue weighted by Crippen LogP contribution is -2.53. The van der Waals surface area contributed by atoms with E-state index in [4.69, 9.17) is 19.2 Å². The van der Waals surface area contributed by atoms with Crippen molar-refractivity contribution in [1.29, 1.82) is 0 Å². The fourth-order valence-corrected chi connectivity index (χ4v) is 4.56. The minimum Gasteiger partial charge on any atom is -0.493 e. The first kappa shape index (κ1) is 25.3. The van der Waals surface area contributed by atoms with Crippen LogP contribution >= 0.6 is 0 Å². The third-order valence-corrected chi connectivity index (χ3v) is 6.71. The van der Waals surface area contributed by atoms with Crippen LogP contribution in [0.2, 0.25) is 0 Å². The van der Waals surface area contributed by atoms with Crippen LogP contribution in [0.15, 0.2) is 41.4 Å². The van der Waals surface area contributed by atoms with Crippen LogP contribution in [0.1, 0.15) is 44.7 Å². The average molecular weight is 495 g/mol. The minimum atomic E-state index is -0.682. The number of likely N-dealkylation sites (tertiary alicyclic amines) is 1. The topological polar surface area (TPSA) is 101 Å². The maximum atomic E-state index is 13.0. The van der Waals surface area contributed by atoms with Crippen molar-refractivity contribution >= 4 is 23.3 Å². The number of amides is 3. The van der Waals surface area contributed by atoms with E-state index in [0.717, 1.165) is 5.56 Å². The second-order valence-corrected chi connectivity index (χ2v) is 10.1. The molecule has 192 valence electrons. The Balaban J connectivity index is 1.43. The van der Waals surface area contributed by atoms with Gasteiger partial charge in [-0.25, -0.2) is 4.79 Å². The number of anilines is 1. The predicted octanol–water partition coefficient (Wildman–Crippen LogP) is 3.95. The van der Waals surface area contributed by atoms with Crippen LogP contribution in [0.5, 0.6) is 17.2 Å². The number of hydrogen-bond donors (Lipinski definition) is 2. The van der Waals surface area contributed by atoms with Gasteiger partial charge in [-0.2, -0.15) is 0 Å². The second-order valence-electron chi connectivity index (χ2n) is 10.1. The van der Waals surface area contributed by atoms with E-state index in [-0.39, 0.29) is 17.4 Å². The molecule has 2 aliphatic heterocycles. The van der Waals surface area contributed by atoms with E-state index in [0.29, 0.717) is 54.6 Å². The Morgan fingerprint density at radius 3 is 2.08 bits per heavy atom. The molecule has 0 saturated carbocycles. The first-order valence-electron chi connectivity index (χ1n) is 12.0. The molecule has 2 N–H and O–H groups in total. The lowest BCUT2D eigenvalue weighted by atomic mass is 9.86. The summed E-state index contributed by atoms with van der Waals surface area (Å²) < 4.78 is 16.1. The molecule has 2 heterocycles. The van der Waals surface area contributed by atoms with E-state index in [9.17, 15) is 9.59 Å². The molecule has 1 spiro atoms. The van der Waals surface area contributed by atoms with Crippen molar-refractivity contribution in [3.8, 4) is 17.2 Å². The van der Waals surface area contributed by atoms with Gasteiger partial charge in [-0.1, -0.05) is 45.0 Å². The predicted molar refractivity (Wildman–Crippen MR) is 138 cm³/mol. The van der Waals surface area contributed by atoms with Crippen LogP contribution in [0.3, 0.4) is 0 Å². The molecule has 9 nitrogen and oxygen atoms in total. The van der Waals surface area contributed by atoms with Crippen LogP contribution in [0, 0.1) is 0 Å². The molecule has 1 saturated heterocycles. The number of rotatable bonds is 5. The smallest absolute Gasteiger partial charge is 0.321 e. The molecule has 0 bridgehead atoms. The molecule has 0 aromatic heterocycles. The maximum absolute atomic E-state index is 13.0. The van der Waals surface area contributed by atoms with Gasteiger partial charge in [0.05, 0.1) is 27.0 Å². The highest BCUT2D eigenvalue weighted by atomic mass is 16.5.